The van der Waals surface area contributed by atoms with Gasteiger partial charge in [0.2, 0.25) is 0 Å². The Balaban J connectivity index is 1.49. The molecule has 2 heterocycles. The van der Waals surface area contributed by atoms with Crippen molar-refractivity contribution in [1.82, 2.24) is 19.8 Å². The van der Waals surface area contributed by atoms with Crippen molar-refractivity contribution >= 4 is 12.0 Å². The number of methoxy groups -OCH3 is 1. The van der Waals surface area contributed by atoms with Crippen molar-refractivity contribution in [3.05, 3.63) is 41.7 Å². The van der Waals surface area contributed by atoms with Crippen molar-refractivity contribution in [2.24, 2.45) is 16.7 Å². The Kier molecular flexibility index (Phi) is 5.26. The first-order chi connectivity index (χ1) is 15.8. The minimum absolute atomic E-state index is 0.0605. The van der Waals surface area contributed by atoms with Crippen LogP contribution in [0, 0.1) is 16.7 Å². The predicted molar refractivity (Wildman–Crippen MR) is 126 cm³/mol. The average Bonchev–Trinajstić information content (AvgIpc) is 3.21. The third-order valence-corrected chi connectivity index (χ3v) is 8.52. The van der Waals surface area contributed by atoms with Gasteiger partial charge < -0.3 is 19.5 Å². The molecule has 3 unspecified atom stereocenters. The zero-order valence-corrected chi connectivity index (χ0v) is 20.1. The van der Waals surface area contributed by atoms with Crippen molar-refractivity contribution in [3.63, 3.8) is 0 Å². The number of carbonyl (C=O) groups is 2. The van der Waals surface area contributed by atoms with Crippen molar-refractivity contribution in [3.8, 4) is 11.4 Å². The number of hydrogen-bond acceptors (Lipinski definition) is 4. The molecule has 1 N–H and O–H groups in total. The van der Waals surface area contributed by atoms with Crippen LogP contribution in [0.25, 0.3) is 11.4 Å². The number of hydrogen-bond donors (Lipinski definition) is 1. The van der Waals surface area contributed by atoms with Gasteiger partial charge in [0, 0.05) is 24.7 Å². The summed E-state index contributed by atoms with van der Waals surface area (Å²) >= 11 is 0. The average molecular weight is 451 g/mol. The summed E-state index contributed by atoms with van der Waals surface area (Å²) < 4.78 is 7.03. The number of aromatic nitrogens is 2. The molecule has 0 radical (unpaired) electrons. The lowest BCUT2D eigenvalue weighted by molar-refractivity contribution is -0.156. The Labute approximate surface area is 195 Å². The standard InChI is InChI=1S/C26H34N4O3/c1-25(2)19-12-8-9-13-26(19,3)23(25)28-22(31)20-18-16-29(24(32)33-4)14-15-30(18)21(27-20)17-10-6-5-7-11-17/h5-7,10-11,19,23H,8-9,12-16H2,1-4H3,(H,28,31). The maximum absolute atomic E-state index is 13.7. The monoisotopic (exact) mass is 450 g/mol. The van der Waals surface area contributed by atoms with Crippen LogP contribution in [-0.2, 0) is 17.8 Å². The van der Waals surface area contributed by atoms with Gasteiger partial charge in [-0.25, -0.2) is 9.78 Å². The molecule has 0 spiro atoms. The first-order valence-electron chi connectivity index (χ1n) is 12.1. The summed E-state index contributed by atoms with van der Waals surface area (Å²) in [6.07, 6.45) is 4.51. The fourth-order valence-electron chi connectivity index (χ4n) is 7.07. The van der Waals surface area contributed by atoms with Crippen LogP contribution >= 0.6 is 0 Å². The first kappa shape index (κ1) is 22.0. The molecule has 3 atom stereocenters. The van der Waals surface area contributed by atoms with Crippen LogP contribution in [0.1, 0.15) is 62.6 Å². The van der Waals surface area contributed by atoms with E-state index in [2.05, 4.69) is 30.7 Å². The van der Waals surface area contributed by atoms with E-state index >= 15 is 0 Å². The van der Waals surface area contributed by atoms with Gasteiger partial charge in [0.1, 0.15) is 5.82 Å². The molecule has 1 aromatic heterocycles. The van der Waals surface area contributed by atoms with E-state index in [1.807, 2.05) is 30.3 Å². The fraction of sp³-hybridized carbons (Fsp3) is 0.577. The van der Waals surface area contributed by atoms with E-state index in [0.29, 0.717) is 31.2 Å². The van der Waals surface area contributed by atoms with Crippen LogP contribution in [0.3, 0.4) is 0 Å². The van der Waals surface area contributed by atoms with Gasteiger partial charge in [-0.15, -0.1) is 0 Å². The van der Waals surface area contributed by atoms with Crippen LogP contribution in [0.4, 0.5) is 4.79 Å². The van der Waals surface area contributed by atoms with Crippen LogP contribution in [0.15, 0.2) is 30.3 Å². The third kappa shape index (κ3) is 3.35. The van der Waals surface area contributed by atoms with E-state index in [4.69, 9.17) is 9.72 Å². The van der Waals surface area contributed by atoms with Gasteiger partial charge in [-0.3, -0.25) is 4.79 Å². The molecule has 0 bridgehead atoms. The van der Waals surface area contributed by atoms with Gasteiger partial charge in [-0.1, -0.05) is 63.9 Å². The smallest absolute Gasteiger partial charge is 0.409 e. The molecular formula is C26H34N4O3. The molecule has 2 saturated carbocycles. The highest BCUT2D eigenvalue weighted by molar-refractivity contribution is 5.95. The van der Waals surface area contributed by atoms with Gasteiger partial charge in [0.15, 0.2) is 5.69 Å². The summed E-state index contributed by atoms with van der Waals surface area (Å²) in [6.45, 7) is 8.31. The highest BCUT2D eigenvalue weighted by Gasteiger charge is 2.64. The van der Waals surface area contributed by atoms with Gasteiger partial charge in [0.05, 0.1) is 19.3 Å². The molecule has 1 aromatic carbocycles. The van der Waals surface area contributed by atoms with E-state index in [9.17, 15) is 9.59 Å². The Morgan fingerprint density at radius 1 is 1.12 bits per heavy atom. The summed E-state index contributed by atoms with van der Waals surface area (Å²) in [5, 5.41) is 3.39. The number of benzene rings is 1. The van der Waals surface area contributed by atoms with E-state index < -0.39 is 0 Å². The molecule has 7 nitrogen and oxygen atoms in total. The second-order valence-corrected chi connectivity index (χ2v) is 10.7. The highest BCUT2D eigenvalue weighted by atomic mass is 16.5. The van der Waals surface area contributed by atoms with Crippen LogP contribution in [0.5, 0.6) is 0 Å². The zero-order chi connectivity index (χ0) is 23.4. The molecule has 2 aliphatic carbocycles. The number of fused-ring (bicyclic) bond motifs is 2. The topological polar surface area (TPSA) is 76.5 Å². The molecule has 2 fully saturated rings. The number of nitrogens with zero attached hydrogens (tertiary/aromatic N) is 3. The van der Waals surface area contributed by atoms with E-state index in [0.717, 1.165) is 23.5 Å². The highest BCUT2D eigenvalue weighted by Crippen LogP contribution is 2.65. The zero-order valence-electron chi connectivity index (χ0n) is 20.1. The van der Waals surface area contributed by atoms with E-state index in [1.54, 1.807) is 4.90 Å². The maximum Gasteiger partial charge on any atom is 0.409 e. The van der Waals surface area contributed by atoms with Crippen LogP contribution in [0.2, 0.25) is 0 Å². The molecule has 2 amide bonds. The largest absolute Gasteiger partial charge is 0.453 e. The van der Waals surface area contributed by atoms with Gasteiger partial charge in [-0.05, 0) is 29.6 Å². The maximum atomic E-state index is 13.7. The summed E-state index contributed by atoms with van der Waals surface area (Å²) in [5.41, 5.74) is 2.35. The molecule has 7 heteroatoms. The van der Waals surface area contributed by atoms with E-state index in [1.165, 1.54) is 26.4 Å². The van der Waals surface area contributed by atoms with Crippen LogP contribution in [-0.4, -0.2) is 46.1 Å². The summed E-state index contributed by atoms with van der Waals surface area (Å²) in [5.74, 6) is 1.26. The molecule has 176 valence electrons. The molecule has 33 heavy (non-hydrogen) atoms. The van der Waals surface area contributed by atoms with Crippen LogP contribution < -0.4 is 5.32 Å². The van der Waals surface area contributed by atoms with Crippen molar-refractivity contribution < 1.29 is 14.3 Å². The first-order valence-corrected chi connectivity index (χ1v) is 12.1. The lowest BCUT2D eigenvalue weighted by Crippen LogP contribution is -2.71. The van der Waals surface area contributed by atoms with Gasteiger partial charge >= 0.3 is 6.09 Å². The quantitative estimate of drug-likeness (QED) is 0.749. The lowest BCUT2D eigenvalue weighted by Gasteiger charge is -2.67. The van der Waals surface area contributed by atoms with E-state index in [-0.39, 0.29) is 28.9 Å². The minimum atomic E-state index is -0.382. The number of imidazole rings is 1. The fourth-order valence-corrected chi connectivity index (χ4v) is 7.07. The molecule has 3 aliphatic rings. The summed E-state index contributed by atoms with van der Waals surface area (Å²) in [7, 11) is 1.39. The minimum Gasteiger partial charge on any atom is -0.453 e. The lowest BCUT2D eigenvalue weighted by atomic mass is 9.40. The molecule has 2 aromatic rings. The van der Waals surface area contributed by atoms with Crippen molar-refractivity contribution in [1.29, 1.82) is 0 Å². The normalized spacial score (nSPS) is 27.7. The van der Waals surface area contributed by atoms with Gasteiger partial charge in [0.25, 0.3) is 5.91 Å². The number of rotatable bonds is 3. The Morgan fingerprint density at radius 2 is 1.88 bits per heavy atom. The summed E-state index contributed by atoms with van der Waals surface area (Å²) in [6, 6.07) is 10.0. The Bertz CT molecular complexity index is 1080. The molecule has 0 saturated heterocycles. The van der Waals surface area contributed by atoms with Crippen molar-refractivity contribution in [2.45, 2.75) is 65.6 Å². The van der Waals surface area contributed by atoms with Crippen molar-refractivity contribution in [2.75, 3.05) is 13.7 Å². The number of amides is 2. The number of ether oxygens (including phenoxy) is 1. The summed E-state index contributed by atoms with van der Waals surface area (Å²) in [4.78, 5) is 32.4. The molecule has 5 rings (SSSR count). The molecule has 1 aliphatic heterocycles. The second-order valence-electron chi connectivity index (χ2n) is 10.7. The molecular weight excluding hydrogens is 416 g/mol. The predicted octanol–water partition coefficient (Wildman–Crippen LogP) is 4.47. The SMILES string of the molecule is COC(=O)N1CCn2c(-c3ccccc3)nc(C(=O)NC3C(C)(C)C4CCCCC43C)c2C1. The third-order valence-electron chi connectivity index (χ3n) is 8.52. The number of carbonyl (C=O) groups excluding carboxylic acids is 2. The number of nitrogens with one attached hydrogen (secondary N) is 1. The van der Waals surface area contributed by atoms with Gasteiger partial charge in [-0.2, -0.15) is 0 Å². The second kappa shape index (κ2) is 7.89. The Hall–Kier alpha value is -2.83. The Morgan fingerprint density at radius 3 is 2.61 bits per heavy atom.